The van der Waals surface area contributed by atoms with Crippen LogP contribution in [0.2, 0.25) is 0 Å². The van der Waals surface area contributed by atoms with Crippen LogP contribution in [-0.2, 0) is 9.53 Å². The Labute approximate surface area is 113 Å². The molecule has 1 unspecified atom stereocenters. The predicted octanol–water partition coefficient (Wildman–Crippen LogP) is 2.57. The molecule has 2 rings (SSSR count). The number of rotatable bonds is 4. The van der Waals surface area contributed by atoms with Crippen LogP contribution in [0.15, 0.2) is 48.6 Å². The second-order valence-corrected chi connectivity index (χ2v) is 4.86. The van der Waals surface area contributed by atoms with Crippen LogP contribution in [0.1, 0.15) is 18.9 Å². The molecule has 1 atom stereocenters. The molecule has 0 saturated heterocycles. The first-order valence-corrected chi connectivity index (χ1v) is 6.34. The lowest BCUT2D eigenvalue weighted by molar-refractivity contribution is -0.144. The summed E-state index contributed by atoms with van der Waals surface area (Å²) in [5, 5.41) is 9.54. The number of carbonyl (C=O) groups is 1. The van der Waals surface area contributed by atoms with E-state index in [1.807, 2.05) is 42.5 Å². The van der Waals surface area contributed by atoms with Gasteiger partial charge in [-0.3, -0.25) is 4.79 Å². The molecule has 3 nitrogen and oxygen atoms in total. The number of esters is 1. The summed E-state index contributed by atoms with van der Waals surface area (Å²) in [6, 6.07) is 10.1. The zero-order chi connectivity index (χ0) is 13.7. The third kappa shape index (κ3) is 3.32. The number of aliphatic hydroxyl groups is 1. The monoisotopic (exact) mass is 258 g/mol. The van der Waals surface area contributed by atoms with E-state index in [0.29, 0.717) is 6.42 Å². The van der Waals surface area contributed by atoms with E-state index in [9.17, 15) is 9.90 Å². The Morgan fingerprint density at radius 3 is 2.63 bits per heavy atom. The summed E-state index contributed by atoms with van der Waals surface area (Å²) in [6.07, 6.45) is 6.67. The summed E-state index contributed by atoms with van der Waals surface area (Å²) in [4.78, 5) is 10.9. The Hall–Kier alpha value is -1.87. The average Bonchev–Trinajstić information content (AvgIpc) is 2.47. The van der Waals surface area contributed by atoms with Crippen molar-refractivity contribution in [1.29, 1.82) is 0 Å². The average molecular weight is 258 g/mol. The number of hydrogen-bond donors (Lipinski definition) is 1. The first-order valence-electron chi connectivity index (χ1n) is 6.34. The van der Waals surface area contributed by atoms with E-state index in [4.69, 9.17) is 4.74 Å². The summed E-state index contributed by atoms with van der Waals surface area (Å²) in [7, 11) is 0. The molecule has 0 fully saturated rings. The Bertz CT molecular complexity index is 502. The van der Waals surface area contributed by atoms with Crippen molar-refractivity contribution in [1.82, 2.24) is 0 Å². The number of ether oxygens (including phenoxy) is 1. The third-order valence-electron chi connectivity index (χ3n) is 3.33. The van der Waals surface area contributed by atoms with Gasteiger partial charge in [-0.15, -0.1) is 0 Å². The Balaban J connectivity index is 2.10. The van der Waals surface area contributed by atoms with Crippen LogP contribution < -0.4 is 0 Å². The van der Waals surface area contributed by atoms with Gasteiger partial charge in [0.15, 0.2) is 0 Å². The van der Waals surface area contributed by atoms with Crippen molar-refractivity contribution in [3.63, 3.8) is 0 Å². The highest BCUT2D eigenvalue weighted by atomic mass is 16.5. The van der Waals surface area contributed by atoms with E-state index >= 15 is 0 Å². The lowest BCUT2D eigenvalue weighted by atomic mass is 9.80. The standard InChI is InChI=1S/C16H18O3/c1-13(18)19-12-16(11-17)9-7-15(8-10-16)14-5-3-2-4-6-14/h2-9,17H,10-12H2,1H3. The van der Waals surface area contributed by atoms with Gasteiger partial charge in [0, 0.05) is 12.3 Å². The number of benzene rings is 1. The van der Waals surface area contributed by atoms with E-state index in [2.05, 4.69) is 6.08 Å². The molecule has 0 amide bonds. The zero-order valence-electron chi connectivity index (χ0n) is 11.0. The lowest BCUT2D eigenvalue weighted by Gasteiger charge is -2.29. The highest BCUT2D eigenvalue weighted by molar-refractivity contribution is 5.75. The van der Waals surface area contributed by atoms with Gasteiger partial charge in [0.25, 0.3) is 0 Å². The molecule has 1 aromatic rings. The maximum Gasteiger partial charge on any atom is 0.302 e. The highest BCUT2D eigenvalue weighted by Crippen LogP contribution is 2.33. The Kier molecular flexibility index (Phi) is 4.17. The van der Waals surface area contributed by atoms with Gasteiger partial charge in [-0.1, -0.05) is 48.6 Å². The molecule has 0 aliphatic heterocycles. The van der Waals surface area contributed by atoms with Crippen LogP contribution in [0.4, 0.5) is 0 Å². The van der Waals surface area contributed by atoms with Crippen molar-refractivity contribution in [2.24, 2.45) is 5.41 Å². The van der Waals surface area contributed by atoms with E-state index in [0.717, 1.165) is 11.1 Å². The third-order valence-corrected chi connectivity index (χ3v) is 3.33. The van der Waals surface area contributed by atoms with Crippen molar-refractivity contribution in [3.05, 3.63) is 54.1 Å². The quantitative estimate of drug-likeness (QED) is 0.844. The molecule has 1 N–H and O–H groups in total. The maximum atomic E-state index is 10.9. The van der Waals surface area contributed by atoms with Gasteiger partial charge < -0.3 is 9.84 Å². The van der Waals surface area contributed by atoms with Crippen molar-refractivity contribution < 1.29 is 14.6 Å². The van der Waals surface area contributed by atoms with Crippen molar-refractivity contribution in [2.75, 3.05) is 13.2 Å². The molecule has 0 heterocycles. The van der Waals surface area contributed by atoms with E-state index < -0.39 is 5.41 Å². The smallest absolute Gasteiger partial charge is 0.302 e. The van der Waals surface area contributed by atoms with Crippen LogP contribution in [-0.4, -0.2) is 24.3 Å². The maximum absolute atomic E-state index is 10.9. The summed E-state index contributed by atoms with van der Waals surface area (Å²) in [6.45, 7) is 1.56. The largest absolute Gasteiger partial charge is 0.465 e. The molecule has 1 aliphatic carbocycles. The molecule has 1 aliphatic rings. The fourth-order valence-electron chi connectivity index (χ4n) is 2.08. The Morgan fingerprint density at radius 2 is 2.11 bits per heavy atom. The fraction of sp³-hybridized carbons (Fsp3) is 0.312. The zero-order valence-corrected chi connectivity index (χ0v) is 11.0. The minimum atomic E-state index is -0.482. The molecule has 100 valence electrons. The topological polar surface area (TPSA) is 46.5 Å². The van der Waals surface area contributed by atoms with E-state index in [1.165, 1.54) is 6.92 Å². The minimum absolute atomic E-state index is 0.0324. The summed E-state index contributed by atoms with van der Waals surface area (Å²) >= 11 is 0. The van der Waals surface area contributed by atoms with Gasteiger partial charge in [0.2, 0.25) is 0 Å². The second kappa shape index (κ2) is 5.85. The van der Waals surface area contributed by atoms with Crippen LogP contribution in [0.25, 0.3) is 5.57 Å². The SMILES string of the molecule is CC(=O)OCC1(CO)C=CC(c2ccccc2)=CC1. The van der Waals surface area contributed by atoms with Gasteiger partial charge in [-0.05, 0) is 17.6 Å². The van der Waals surface area contributed by atoms with Crippen LogP contribution >= 0.6 is 0 Å². The van der Waals surface area contributed by atoms with Crippen LogP contribution in [0.5, 0.6) is 0 Å². The first-order chi connectivity index (χ1) is 9.15. The van der Waals surface area contributed by atoms with Gasteiger partial charge in [0.1, 0.15) is 6.61 Å². The van der Waals surface area contributed by atoms with Crippen molar-refractivity contribution in [2.45, 2.75) is 13.3 Å². The molecule has 1 aromatic carbocycles. The van der Waals surface area contributed by atoms with Crippen LogP contribution in [0, 0.1) is 5.41 Å². The lowest BCUT2D eigenvalue weighted by Crippen LogP contribution is -2.30. The summed E-state index contributed by atoms with van der Waals surface area (Å²) < 4.78 is 5.04. The summed E-state index contributed by atoms with van der Waals surface area (Å²) in [5.74, 6) is -0.320. The molecule has 3 heteroatoms. The number of carbonyl (C=O) groups excluding carboxylic acids is 1. The fourth-order valence-corrected chi connectivity index (χ4v) is 2.08. The number of aliphatic hydroxyl groups excluding tert-OH is 1. The normalized spacial score (nSPS) is 21.9. The molecule has 0 spiro atoms. The molecule has 0 saturated carbocycles. The highest BCUT2D eigenvalue weighted by Gasteiger charge is 2.29. The van der Waals surface area contributed by atoms with Gasteiger partial charge in [-0.2, -0.15) is 0 Å². The van der Waals surface area contributed by atoms with E-state index in [1.54, 1.807) is 0 Å². The van der Waals surface area contributed by atoms with Crippen molar-refractivity contribution in [3.8, 4) is 0 Å². The van der Waals surface area contributed by atoms with Gasteiger partial charge in [-0.25, -0.2) is 0 Å². The first kappa shape index (κ1) is 13.6. The molecule has 0 bridgehead atoms. The molecular formula is C16H18O3. The van der Waals surface area contributed by atoms with Crippen molar-refractivity contribution >= 4 is 11.5 Å². The second-order valence-electron chi connectivity index (χ2n) is 4.86. The summed E-state index contributed by atoms with van der Waals surface area (Å²) in [5.41, 5.74) is 1.80. The minimum Gasteiger partial charge on any atom is -0.465 e. The predicted molar refractivity (Wildman–Crippen MR) is 74.3 cm³/mol. The molecule has 0 aromatic heterocycles. The Morgan fingerprint density at radius 1 is 1.37 bits per heavy atom. The van der Waals surface area contributed by atoms with Gasteiger partial charge >= 0.3 is 5.97 Å². The molecular weight excluding hydrogens is 240 g/mol. The number of hydrogen-bond acceptors (Lipinski definition) is 3. The van der Waals surface area contributed by atoms with E-state index in [-0.39, 0.29) is 19.2 Å². The molecule has 0 radical (unpaired) electrons. The van der Waals surface area contributed by atoms with Gasteiger partial charge in [0.05, 0.1) is 6.61 Å². The number of allylic oxidation sites excluding steroid dienone is 3. The van der Waals surface area contributed by atoms with Crippen LogP contribution in [0.3, 0.4) is 0 Å². The molecule has 19 heavy (non-hydrogen) atoms.